The summed E-state index contributed by atoms with van der Waals surface area (Å²) in [5.41, 5.74) is 6.86. The summed E-state index contributed by atoms with van der Waals surface area (Å²) < 4.78 is 22.9. The first kappa shape index (κ1) is 14.8. The molecular formula is C13H17N3O2S2. The van der Waals surface area contributed by atoms with Gasteiger partial charge in [0, 0.05) is 23.3 Å². The van der Waals surface area contributed by atoms with Crippen LogP contribution in [0.25, 0.3) is 0 Å². The lowest BCUT2D eigenvalue weighted by Crippen LogP contribution is -2.22. The fourth-order valence-corrected chi connectivity index (χ4v) is 3.33. The summed E-state index contributed by atoms with van der Waals surface area (Å²) in [5.74, 6) is 0. The Bertz CT molecular complexity index is 696. The Hall–Kier alpha value is -1.57. The highest BCUT2D eigenvalue weighted by atomic mass is 32.2. The predicted octanol–water partition coefficient (Wildman–Crippen LogP) is 2.18. The van der Waals surface area contributed by atoms with Gasteiger partial charge in [0.05, 0.1) is 10.9 Å². The number of primary sulfonamides is 1. The molecule has 4 N–H and O–H groups in total. The summed E-state index contributed by atoms with van der Waals surface area (Å²) >= 11 is 1.65. The van der Waals surface area contributed by atoms with Gasteiger partial charge in [-0.1, -0.05) is 6.07 Å². The molecule has 1 aromatic carbocycles. The van der Waals surface area contributed by atoms with E-state index in [2.05, 4.69) is 0 Å². The van der Waals surface area contributed by atoms with Crippen molar-refractivity contribution in [2.75, 3.05) is 17.7 Å². The zero-order chi connectivity index (χ0) is 14.9. The second-order valence-corrected chi connectivity index (χ2v) is 7.15. The first-order valence-corrected chi connectivity index (χ1v) is 8.41. The molecule has 1 heterocycles. The number of anilines is 2. The Kier molecular flexibility index (Phi) is 4.03. The van der Waals surface area contributed by atoms with E-state index in [0.717, 1.165) is 5.69 Å². The van der Waals surface area contributed by atoms with Crippen LogP contribution < -0.4 is 15.8 Å². The normalized spacial score (nSPS) is 13.2. The molecule has 0 saturated carbocycles. The summed E-state index contributed by atoms with van der Waals surface area (Å²) in [4.78, 5) is 3.18. The van der Waals surface area contributed by atoms with E-state index in [1.807, 2.05) is 36.4 Å². The van der Waals surface area contributed by atoms with E-state index in [1.165, 1.54) is 17.0 Å². The third-order valence-corrected chi connectivity index (χ3v) is 5.12. The Labute approximate surface area is 122 Å². The van der Waals surface area contributed by atoms with Gasteiger partial charge < -0.3 is 10.6 Å². The monoisotopic (exact) mass is 311 g/mol. The number of nitrogens with two attached hydrogens (primary N) is 2. The van der Waals surface area contributed by atoms with Crippen molar-refractivity contribution in [2.45, 2.75) is 17.9 Å². The van der Waals surface area contributed by atoms with Gasteiger partial charge >= 0.3 is 0 Å². The van der Waals surface area contributed by atoms with E-state index >= 15 is 0 Å². The highest BCUT2D eigenvalue weighted by Crippen LogP contribution is 2.30. The number of benzene rings is 1. The van der Waals surface area contributed by atoms with E-state index < -0.39 is 10.0 Å². The van der Waals surface area contributed by atoms with Gasteiger partial charge in [-0.3, -0.25) is 0 Å². The smallest absolute Gasteiger partial charge is 0.238 e. The van der Waals surface area contributed by atoms with Crippen LogP contribution in [0.1, 0.15) is 17.8 Å². The number of sulfonamides is 1. The van der Waals surface area contributed by atoms with Gasteiger partial charge in [0.2, 0.25) is 10.0 Å². The second kappa shape index (κ2) is 5.43. The maximum atomic E-state index is 11.5. The van der Waals surface area contributed by atoms with Gasteiger partial charge in [-0.2, -0.15) is 0 Å². The van der Waals surface area contributed by atoms with Crippen LogP contribution in [0.2, 0.25) is 0 Å². The Balaban J connectivity index is 2.40. The van der Waals surface area contributed by atoms with Crippen molar-refractivity contribution < 1.29 is 8.42 Å². The first-order valence-electron chi connectivity index (χ1n) is 5.98. The van der Waals surface area contributed by atoms with Gasteiger partial charge in [-0.15, -0.1) is 11.3 Å². The van der Waals surface area contributed by atoms with Gasteiger partial charge in [0.15, 0.2) is 0 Å². The van der Waals surface area contributed by atoms with E-state index in [0.29, 0.717) is 5.69 Å². The van der Waals surface area contributed by atoms with Gasteiger partial charge in [-0.25, -0.2) is 13.6 Å². The van der Waals surface area contributed by atoms with Crippen LogP contribution >= 0.6 is 11.3 Å². The fraction of sp³-hybridized carbons (Fsp3) is 0.231. The molecule has 0 radical (unpaired) electrons. The van der Waals surface area contributed by atoms with E-state index in [-0.39, 0.29) is 10.9 Å². The maximum absolute atomic E-state index is 11.5. The molecular weight excluding hydrogens is 294 g/mol. The van der Waals surface area contributed by atoms with Crippen molar-refractivity contribution in [3.63, 3.8) is 0 Å². The summed E-state index contributed by atoms with van der Waals surface area (Å²) in [7, 11) is -1.87. The second-order valence-electron chi connectivity index (χ2n) is 4.61. The van der Waals surface area contributed by atoms with Gasteiger partial charge in [-0.05, 0) is 36.6 Å². The Morgan fingerprint density at radius 1 is 1.30 bits per heavy atom. The molecule has 7 heteroatoms. The molecule has 5 nitrogen and oxygen atoms in total. The third-order valence-electron chi connectivity index (χ3n) is 3.19. The molecule has 20 heavy (non-hydrogen) atoms. The van der Waals surface area contributed by atoms with Crippen molar-refractivity contribution in [1.29, 1.82) is 0 Å². The highest BCUT2D eigenvalue weighted by molar-refractivity contribution is 7.89. The number of rotatable bonds is 4. The zero-order valence-electron chi connectivity index (χ0n) is 11.3. The van der Waals surface area contributed by atoms with Gasteiger partial charge in [0.1, 0.15) is 0 Å². The van der Waals surface area contributed by atoms with Crippen LogP contribution in [0.5, 0.6) is 0 Å². The largest absolute Gasteiger partial charge is 0.399 e. The molecule has 0 aliphatic rings. The summed E-state index contributed by atoms with van der Waals surface area (Å²) in [6.07, 6.45) is 0. The van der Waals surface area contributed by atoms with E-state index in [9.17, 15) is 8.42 Å². The molecule has 1 atom stereocenters. The number of hydrogen-bond donors (Lipinski definition) is 2. The van der Waals surface area contributed by atoms with Crippen molar-refractivity contribution in [3.8, 4) is 0 Å². The summed E-state index contributed by atoms with van der Waals surface area (Å²) in [6, 6.07) is 8.78. The van der Waals surface area contributed by atoms with Crippen LogP contribution in [0.3, 0.4) is 0 Å². The predicted molar refractivity (Wildman–Crippen MR) is 83.4 cm³/mol. The minimum atomic E-state index is -3.76. The van der Waals surface area contributed by atoms with Crippen molar-refractivity contribution >= 4 is 32.7 Å². The highest BCUT2D eigenvalue weighted by Gasteiger charge is 2.16. The lowest BCUT2D eigenvalue weighted by molar-refractivity contribution is 0.597. The molecule has 2 rings (SSSR count). The number of thiophene rings is 1. The summed E-state index contributed by atoms with van der Waals surface area (Å²) in [6.45, 7) is 2.05. The van der Waals surface area contributed by atoms with Crippen molar-refractivity contribution in [1.82, 2.24) is 0 Å². The molecule has 0 aliphatic carbocycles. The topological polar surface area (TPSA) is 89.4 Å². The van der Waals surface area contributed by atoms with Crippen molar-refractivity contribution in [3.05, 3.63) is 40.6 Å². The zero-order valence-corrected chi connectivity index (χ0v) is 12.9. The standard InChI is InChI=1S/C13H17N3O2S2/c1-9(13-4-3-5-19-13)16(2)11-6-10(14)7-12(8-11)20(15,17)18/h3-9H,14H2,1-2H3,(H2,15,17,18). The maximum Gasteiger partial charge on any atom is 0.238 e. The Morgan fingerprint density at radius 3 is 2.55 bits per heavy atom. The van der Waals surface area contributed by atoms with Crippen LogP contribution in [-0.4, -0.2) is 15.5 Å². The summed E-state index contributed by atoms with van der Waals surface area (Å²) in [5, 5.41) is 7.17. The quantitative estimate of drug-likeness (QED) is 0.847. The molecule has 0 bridgehead atoms. The SMILES string of the molecule is CC(c1cccs1)N(C)c1cc(N)cc(S(N)(=O)=O)c1. The molecule has 0 spiro atoms. The molecule has 0 amide bonds. The van der Waals surface area contributed by atoms with Crippen LogP contribution in [0.4, 0.5) is 11.4 Å². The van der Waals surface area contributed by atoms with E-state index in [4.69, 9.17) is 10.9 Å². The number of nitrogens with zero attached hydrogens (tertiary/aromatic N) is 1. The van der Waals surface area contributed by atoms with Crippen molar-refractivity contribution in [2.24, 2.45) is 5.14 Å². The van der Waals surface area contributed by atoms with E-state index in [1.54, 1.807) is 17.4 Å². The lowest BCUT2D eigenvalue weighted by atomic mass is 10.2. The molecule has 1 aromatic heterocycles. The van der Waals surface area contributed by atoms with Crippen LogP contribution in [-0.2, 0) is 10.0 Å². The molecule has 1 unspecified atom stereocenters. The average Bonchev–Trinajstić information content (AvgIpc) is 2.89. The van der Waals surface area contributed by atoms with Crippen LogP contribution in [0.15, 0.2) is 40.6 Å². The number of hydrogen-bond acceptors (Lipinski definition) is 5. The lowest BCUT2D eigenvalue weighted by Gasteiger charge is -2.27. The molecule has 2 aromatic rings. The Morgan fingerprint density at radius 2 is 2.00 bits per heavy atom. The molecule has 0 fully saturated rings. The minimum absolute atomic E-state index is 0.0257. The molecule has 108 valence electrons. The average molecular weight is 311 g/mol. The van der Waals surface area contributed by atoms with Crippen LogP contribution in [0, 0.1) is 0 Å². The molecule has 0 saturated heterocycles. The minimum Gasteiger partial charge on any atom is -0.399 e. The first-order chi connectivity index (χ1) is 9.29. The third kappa shape index (κ3) is 3.12. The molecule has 0 aliphatic heterocycles. The fourth-order valence-electron chi connectivity index (χ4n) is 1.92. The number of nitrogen functional groups attached to an aromatic ring is 1. The van der Waals surface area contributed by atoms with Gasteiger partial charge in [0.25, 0.3) is 0 Å².